The predicted molar refractivity (Wildman–Crippen MR) is 94.5 cm³/mol. The Labute approximate surface area is 147 Å². The monoisotopic (exact) mass is 357 g/mol. The molecule has 1 N–H and O–H groups in total. The van der Waals surface area contributed by atoms with Crippen LogP contribution in [-0.2, 0) is 7.05 Å². The molecule has 25 heavy (non-hydrogen) atoms. The van der Waals surface area contributed by atoms with E-state index in [2.05, 4.69) is 0 Å². The number of hydrogen-bond acceptors (Lipinski definition) is 2. The molecule has 0 radical (unpaired) electrons. The topological polar surface area (TPSA) is 59.3 Å². The Kier molecular flexibility index (Phi) is 4.42. The molecule has 4 nitrogen and oxygen atoms in total. The van der Waals surface area contributed by atoms with E-state index in [1.54, 1.807) is 35.9 Å². The van der Waals surface area contributed by atoms with E-state index in [0.717, 1.165) is 0 Å². The lowest BCUT2D eigenvalue weighted by Gasteiger charge is -2.17. The van der Waals surface area contributed by atoms with Gasteiger partial charge in [0.1, 0.15) is 11.4 Å². The van der Waals surface area contributed by atoms with Crippen molar-refractivity contribution >= 4 is 17.6 Å². The van der Waals surface area contributed by atoms with E-state index >= 15 is 0 Å². The number of benzene rings is 2. The summed E-state index contributed by atoms with van der Waals surface area (Å²) in [6.07, 6.45) is 0. The summed E-state index contributed by atoms with van der Waals surface area (Å²) in [5.74, 6) is -1.70. The predicted octanol–water partition coefficient (Wildman–Crippen LogP) is 4.21. The van der Waals surface area contributed by atoms with Gasteiger partial charge in [-0.3, -0.25) is 4.79 Å². The highest BCUT2D eigenvalue weighted by molar-refractivity contribution is 6.30. The molecule has 3 aromatic rings. The number of hydrogen-bond donors (Lipinski definition) is 1. The van der Waals surface area contributed by atoms with Gasteiger partial charge in [-0.05, 0) is 47.5 Å². The molecule has 0 aliphatic carbocycles. The number of aromatic carboxylic acids is 1. The molecule has 3 rings (SSSR count). The SMILES string of the molecule is Cn1c(-c2ccc(F)cc2)cc(=O)c(C(=O)O)c1-c1ccc(Cl)cc1. The van der Waals surface area contributed by atoms with Crippen molar-refractivity contribution in [2.45, 2.75) is 0 Å². The molecule has 0 spiro atoms. The van der Waals surface area contributed by atoms with Crippen molar-refractivity contribution in [3.8, 4) is 22.5 Å². The van der Waals surface area contributed by atoms with Gasteiger partial charge in [0, 0.05) is 18.1 Å². The maximum atomic E-state index is 13.2. The van der Waals surface area contributed by atoms with Crippen LogP contribution in [0.2, 0.25) is 5.02 Å². The van der Waals surface area contributed by atoms with Crippen LogP contribution >= 0.6 is 11.6 Å². The Balaban J connectivity index is 2.34. The standard InChI is InChI=1S/C19H13ClFNO3/c1-22-15(11-4-8-14(21)9-5-11)10-16(23)17(19(24)25)18(22)12-2-6-13(20)7-3-12/h2-10H,1H3,(H,24,25). The van der Waals surface area contributed by atoms with E-state index in [4.69, 9.17) is 11.6 Å². The van der Waals surface area contributed by atoms with E-state index in [1.165, 1.54) is 30.3 Å². The molecule has 0 aliphatic heterocycles. The molecule has 0 fully saturated rings. The fourth-order valence-electron chi connectivity index (χ4n) is 2.75. The third kappa shape index (κ3) is 3.19. The van der Waals surface area contributed by atoms with Crippen LogP contribution in [0.4, 0.5) is 4.39 Å². The van der Waals surface area contributed by atoms with Gasteiger partial charge in [-0.25, -0.2) is 9.18 Å². The van der Waals surface area contributed by atoms with E-state index in [1.807, 2.05) is 0 Å². The van der Waals surface area contributed by atoms with Gasteiger partial charge in [-0.15, -0.1) is 0 Å². The number of aromatic nitrogens is 1. The third-order valence-corrected chi connectivity index (χ3v) is 4.17. The molecule has 0 saturated heterocycles. The molecule has 0 aliphatic rings. The van der Waals surface area contributed by atoms with Gasteiger partial charge in [0.25, 0.3) is 0 Å². The normalized spacial score (nSPS) is 10.7. The number of carboxylic acids is 1. The van der Waals surface area contributed by atoms with Crippen molar-refractivity contribution < 1.29 is 14.3 Å². The van der Waals surface area contributed by atoms with E-state index in [-0.39, 0.29) is 11.3 Å². The third-order valence-electron chi connectivity index (χ3n) is 3.92. The molecule has 0 unspecified atom stereocenters. The zero-order chi connectivity index (χ0) is 18.1. The number of carbonyl (C=O) groups is 1. The van der Waals surface area contributed by atoms with Gasteiger partial charge in [-0.1, -0.05) is 23.7 Å². The Morgan fingerprint density at radius 1 is 1.04 bits per heavy atom. The highest BCUT2D eigenvalue weighted by Gasteiger charge is 2.21. The second kappa shape index (κ2) is 6.53. The summed E-state index contributed by atoms with van der Waals surface area (Å²) in [4.78, 5) is 24.1. The quantitative estimate of drug-likeness (QED) is 0.763. The number of halogens is 2. The first-order chi connectivity index (χ1) is 11.9. The molecule has 126 valence electrons. The molecular weight excluding hydrogens is 345 g/mol. The molecule has 0 atom stereocenters. The van der Waals surface area contributed by atoms with E-state index < -0.39 is 17.2 Å². The van der Waals surface area contributed by atoms with Gasteiger partial charge in [0.2, 0.25) is 0 Å². The minimum atomic E-state index is -1.31. The molecule has 2 aromatic carbocycles. The summed E-state index contributed by atoms with van der Waals surface area (Å²) >= 11 is 5.89. The smallest absolute Gasteiger partial charge is 0.341 e. The molecule has 1 aromatic heterocycles. The molecule has 0 amide bonds. The number of pyridine rings is 1. The van der Waals surface area contributed by atoms with Crippen molar-refractivity contribution in [1.82, 2.24) is 4.57 Å². The number of nitrogens with zero attached hydrogens (tertiary/aromatic N) is 1. The maximum Gasteiger partial charge on any atom is 0.341 e. The molecule has 0 saturated carbocycles. The molecule has 6 heteroatoms. The van der Waals surface area contributed by atoms with Crippen molar-refractivity contribution in [3.05, 3.63) is 81.2 Å². The van der Waals surface area contributed by atoms with Crippen LogP contribution in [0.3, 0.4) is 0 Å². The van der Waals surface area contributed by atoms with Gasteiger partial charge in [-0.2, -0.15) is 0 Å². The molecule has 1 heterocycles. The first-order valence-electron chi connectivity index (χ1n) is 7.37. The number of carboxylic acid groups (broad SMARTS) is 1. The second-order valence-electron chi connectivity index (χ2n) is 5.50. The summed E-state index contributed by atoms with van der Waals surface area (Å²) in [7, 11) is 1.66. The Hall–Kier alpha value is -2.92. The van der Waals surface area contributed by atoms with Crippen LogP contribution in [0.15, 0.2) is 59.4 Å². The average molecular weight is 358 g/mol. The van der Waals surface area contributed by atoms with Crippen molar-refractivity contribution in [2.75, 3.05) is 0 Å². The van der Waals surface area contributed by atoms with Gasteiger partial charge in [0.15, 0.2) is 5.43 Å². The van der Waals surface area contributed by atoms with Crippen LogP contribution < -0.4 is 5.43 Å². The Morgan fingerprint density at radius 2 is 1.60 bits per heavy atom. The summed E-state index contributed by atoms with van der Waals surface area (Å²) in [6.45, 7) is 0. The van der Waals surface area contributed by atoms with Crippen molar-refractivity contribution in [1.29, 1.82) is 0 Å². The number of rotatable bonds is 3. The average Bonchev–Trinajstić information content (AvgIpc) is 2.58. The highest BCUT2D eigenvalue weighted by Crippen LogP contribution is 2.28. The van der Waals surface area contributed by atoms with Crippen molar-refractivity contribution in [3.63, 3.8) is 0 Å². The molecular formula is C19H13ClFNO3. The molecule has 0 bridgehead atoms. The van der Waals surface area contributed by atoms with Gasteiger partial charge < -0.3 is 9.67 Å². The summed E-state index contributed by atoms with van der Waals surface area (Å²) in [5, 5.41) is 10.00. The van der Waals surface area contributed by atoms with Crippen LogP contribution in [0, 0.1) is 5.82 Å². The highest BCUT2D eigenvalue weighted by atomic mass is 35.5. The lowest BCUT2D eigenvalue weighted by molar-refractivity contribution is 0.0695. The zero-order valence-electron chi connectivity index (χ0n) is 13.2. The van der Waals surface area contributed by atoms with E-state index in [9.17, 15) is 19.1 Å². The largest absolute Gasteiger partial charge is 0.477 e. The Bertz CT molecular complexity index is 1010. The fraction of sp³-hybridized carbons (Fsp3) is 0.0526. The lowest BCUT2D eigenvalue weighted by Crippen LogP contribution is -2.21. The van der Waals surface area contributed by atoms with E-state index in [0.29, 0.717) is 21.8 Å². The second-order valence-corrected chi connectivity index (χ2v) is 5.93. The van der Waals surface area contributed by atoms with Crippen LogP contribution in [-0.4, -0.2) is 15.6 Å². The minimum Gasteiger partial charge on any atom is -0.477 e. The maximum absolute atomic E-state index is 13.2. The summed E-state index contributed by atoms with van der Waals surface area (Å²) in [5.41, 5.74) is 0.958. The van der Waals surface area contributed by atoms with Gasteiger partial charge in [0.05, 0.1) is 11.4 Å². The lowest BCUT2D eigenvalue weighted by atomic mass is 10.0. The summed E-state index contributed by atoms with van der Waals surface area (Å²) in [6, 6.07) is 13.4. The summed E-state index contributed by atoms with van der Waals surface area (Å²) < 4.78 is 14.8. The fourth-order valence-corrected chi connectivity index (χ4v) is 2.87. The van der Waals surface area contributed by atoms with Crippen LogP contribution in [0.1, 0.15) is 10.4 Å². The first-order valence-corrected chi connectivity index (χ1v) is 7.75. The van der Waals surface area contributed by atoms with Crippen molar-refractivity contribution in [2.24, 2.45) is 7.05 Å². The van der Waals surface area contributed by atoms with Gasteiger partial charge >= 0.3 is 5.97 Å². The zero-order valence-corrected chi connectivity index (χ0v) is 13.9. The first kappa shape index (κ1) is 16.9. The Morgan fingerprint density at radius 3 is 2.16 bits per heavy atom. The van der Waals surface area contributed by atoms with Crippen LogP contribution in [0.25, 0.3) is 22.5 Å². The minimum absolute atomic E-state index is 0.260. The van der Waals surface area contributed by atoms with Crippen LogP contribution in [0.5, 0.6) is 0 Å².